The molecule has 0 aliphatic carbocycles. The van der Waals surface area contributed by atoms with E-state index in [1.165, 1.54) is 12.3 Å². The molecule has 9 nitrogen and oxygen atoms in total. The molecule has 0 fully saturated rings. The van der Waals surface area contributed by atoms with E-state index < -0.39 is 22.3 Å². The van der Waals surface area contributed by atoms with Gasteiger partial charge in [0.05, 0.1) is 24.3 Å². The zero-order valence-electron chi connectivity index (χ0n) is 16.2. The third-order valence-corrected chi connectivity index (χ3v) is 4.21. The number of carbonyl (C=O) groups is 1. The van der Waals surface area contributed by atoms with Crippen LogP contribution < -0.4 is 15.5 Å². The molecule has 154 valence electrons. The average Bonchev–Trinajstić information content (AvgIpc) is 2.74. The molecule has 3 aromatic carbocycles. The quantitative estimate of drug-likeness (QED) is 0.298. The molecule has 9 heteroatoms. The molecule has 0 unspecified atom stereocenters. The highest BCUT2D eigenvalue weighted by atomic mass is 16.6. The van der Waals surface area contributed by atoms with Gasteiger partial charge in [-0.3, -0.25) is 14.9 Å². The van der Waals surface area contributed by atoms with Gasteiger partial charge in [0, 0.05) is 22.7 Å². The van der Waals surface area contributed by atoms with Crippen molar-refractivity contribution in [1.82, 2.24) is 5.43 Å². The zero-order chi connectivity index (χ0) is 21.5. The zero-order valence-corrected chi connectivity index (χ0v) is 16.2. The van der Waals surface area contributed by atoms with E-state index in [0.717, 1.165) is 22.5 Å². The molecule has 0 bridgehead atoms. The van der Waals surface area contributed by atoms with Gasteiger partial charge >= 0.3 is 5.69 Å². The van der Waals surface area contributed by atoms with Crippen molar-refractivity contribution in [2.24, 2.45) is 5.10 Å². The number of benzene rings is 3. The number of nitrogens with zero attached hydrogens (tertiary/aromatic N) is 2. The van der Waals surface area contributed by atoms with Crippen molar-refractivity contribution in [2.45, 2.75) is 6.92 Å². The van der Waals surface area contributed by atoms with Crippen LogP contribution in [0.2, 0.25) is 0 Å². The molecule has 30 heavy (non-hydrogen) atoms. The van der Waals surface area contributed by atoms with Crippen LogP contribution in [0, 0.1) is 10.1 Å². The Morgan fingerprint density at radius 3 is 2.77 bits per heavy atom. The van der Waals surface area contributed by atoms with Crippen molar-refractivity contribution in [1.29, 1.82) is 0 Å². The summed E-state index contributed by atoms with van der Waals surface area (Å²) in [5, 5.41) is 29.9. The normalized spacial score (nSPS) is 10.8. The van der Waals surface area contributed by atoms with Crippen LogP contribution in [0.4, 0.5) is 11.4 Å². The summed E-state index contributed by atoms with van der Waals surface area (Å²) in [5.74, 6) is -0.975. The number of carbonyl (C=O) groups excluding carboxylic acids is 1. The number of phenols is 1. The number of nitro benzene ring substituents is 1. The molecule has 1 amide bonds. The van der Waals surface area contributed by atoms with Gasteiger partial charge in [-0.2, -0.15) is 5.10 Å². The van der Waals surface area contributed by atoms with Crippen LogP contribution in [0.25, 0.3) is 10.8 Å². The van der Waals surface area contributed by atoms with Gasteiger partial charge < -0.3 is 15.2 Å². The first-order valence-electron chi connectivity index (χ1n) is 9.17. The Bertz CT molecular complexity index is 1110. The second-order valence-corrected chi connectivity index (χ2v) is 6.25. The first-order chi connectivity index (χ1) is 14.5. The molecular formula is C21H20N4O5. The fourth-order valence-electron chi connectivity index (χ4n) is 2.87. The van der Waals surface area contributed by atoms with Crippen LogP contribution in [0.5, 0.6) is 11.5 Å². The standard InChI is InChI=1S/C21H20N4O5/c1-2-30-19-11-14(10-18(21(19)27)25(28)29)12-23-24-20(26)13-22-17-9-5-7-15-6-3-4-8-16(15)17/h3-12,22,27H,2,13H2,1H3,(H,24,26). The lowest BCUT2D eigenvalue weighted by molar-refractivity contribution is -0.386. The lowest BCUT2D eigenvalue weighted by Gasteiger charge is -2.09. The predicted molar refractivity (Wildman–Crippen MR) is 114 cm³/mol. The summed E-state index contributed by atoms with van der Waals surface area (Å²) in [7, 11) is 0. The fraction of sp³-hybridized carbons (Fsp3) is 0.143. The molecule has 0 aliphatic heterocycles. The first kappa shape index (κ1) is 20.6. The molecule has 3 N–H and O–H groups in total. The van der Waals surface area contributed by atoms with E-state index in [9.17, 15) is 20.0 Å². The number of hydrogen-bond acceptors (Lipinski definition) is 7. The van der Waals surface area contributed by atoms with Crippen molar-refractivity contribution in [2.75, 3.05) is 18.5 Å². The van der Waals surface area contributed by atoms with E-state index in [-0.39, 0.29) is 18.9 Å². The number of aromatic hydroxyl groups is 1. The minimum atomic E-state index is -0.720. The number of nitro groups is 1. The first-order valence-corrected chi connectivity index (χ1v) is 9.17. The predicted octanol–water partition coefficient (Wildman–Crippen LogP) is 3.41. The van der Waals surface area contributed by atoms with Crippen LogP contribution in [0.15, 0.2) is 59.7 Å². The van der Waals surface area contributed by atoms with E-state index >= 15 is 0 Å². The van der Waals surface area contributed by atoms with Gasteiger partial charge in [-0.05, 0) is 24.4 Å². The Morgan fingerprint density at radius 1 is 1.23 bits per heavy atom. The summed E-state index contributed by atoms with van der Waals surface area (Å²) in [6.07, 6.45) is 1.24. The van der Waals surface area contributed by atoms with Gasteiger partial charge in [0.15, 0.2) is 5.75 Å². The van der Waals surface area contributed by atoms with Crippen molar-refractivity contribution in [3.8, 4) is 11.5 Å². The van der Waals surface area contributed by atoms with E-state index in [1.54, 1.807) is 6.92 Å². The summed E-state index contributed by atoms with van der Waals surface area (Å²) in [4.78, 5) is 22.5. The molecule has 0 spiro atoms. The van der Waals surface area contributed by atoms with Gasteiger partial charge in [0.25, 0.3) is 5.91 Å². The minimum Gasteiger partial charge on any atom is -0.500 e. The number of fused-ring (bicyclic) bond motifs is 1. The Morgan fingerprint density at radius 2 is 2.00 bits per heavy atom. The molecule has 0 atom stereocenters. The number of amides is 1. The highest BCUT2D eigenvalue weighted by Gasteiger charge is 2.19. The van der Waals surface area contributed by atoms with Crippen molar-refractivity contribution in [3.05, 3.63) is 70.3 Å². The molecule has 3 rings (SSSR count). The average molecular weight is 408 g/mol. The molecular weight excluding hydrogens is 388 g/mol. The monoisotopic (exact) mass is 408 g/mol. The number of hydrazone groups is 1. The lowest BCUT2D eigenvalue weighted by Crippen LogP contribution is -2.25. The molecule has 0 saturated heterocycles. The number of ether oxygens (including phenoxy) is 1. The maximum absolute atomic E-state index is 12.1. The fourth-order valence-corrected chi connectivity index (χ4v) is 2.87. The van der Waals surface area contributed by atoms with E-state index in [2.05, 4.69) is 15.8 Å². The minimum absolute atomic E-state index is 0.00866. The lowest BCUT2D eigenvalue weighted by atomic mass is 10.1. The summed E-state index contributed by atoms with van der Waals surface area (Å²) < 4.78 is 5.20. The number of nitrogens with one attached hydrogen (secondary N) is 2. The van der Waals surface area contributed by atoms with Crippen molar-refractivity contribution < 1.29 is 19.6 Å². The molecule has 0 saturated carbocycles. The molecule has 0 aromatic heterocycles. The summed E-state index contributed by atoms with van der Waals surface area (Å²) in [6, 6.07) is 16.1. The smallest absolute Gasteiger partial charge is 0.315 e. The SMILES string of the molecule is CCOc1cc(C=NNC(=O)CNc2cccc3ccccc23)cc([N+](=O)[O-])c1O. The highest BCUT2D eigenvalue weighted by Crippen LogP contribution is 2.36. The maximum Gasteiger partial charge on any atom is 0.315 e. The number of anilines is 1. The summed E-state index contributed by atoms with van der Waals surface area (Å²) in [5.41, 5.74) is 2.97. The second-order valence-electron chi connectivity index (χ2n) is 6.25. The van der Waals surface area contributed by atoms with Gasteiger partial charge in [0.1, 0.15) is 0 Å². The number of rotatable bonds is 8. The Balaban J connectivity index is 1.65. The van der Waals surface area contributed by atoms with Crippen molar-refractivity contribution in [3.63, 3.8) is 0 Å². The van der Waals surface area contributed by atoms with E-state index in [1.807, 2.05) is 42.5 Å². The Hall–Kier alpha value is -4.14. The third-order valence-electron chi connectivity index (χ3n) is 4.21. The van der Waals surface area contributed by atoms with E-state index in [0.29, 0.717) is 5.56 Å². The molecule has 3 aromatic rings. The molecule has 0 aliphatic rings. The van der Waals surface area contributed by atoms with Gasteiger partial charge in [0.2, 0.25) is 5.75 Å². The van der Waals surface area contributed by atoms with Crippen LogP contribution in [0.1, 0.15) is 12.5 Å². The highest BCUT2D eigenvalue weighted by molar-refractivity contribution is 5.95. The van der Waals surface area contributed by atoms with Gasteiger partial charge in [-0.15, -0.1) is 0 Å². The largest absolute Gasteiger partial charge is 0.500 e. The topological polar surface area (TPSA) is 126 Å². The third kappa shape index (κ3) is 4.82. The summed E-state index contributed by atoms with van der Waals surface area (Å²) >= 11 is 0. The van der Waals surface area contributed by atoms with Gasteiger partial charge in [-0.1, -0.05) is 36.4 Å². The number of hydrogen-bond donors (Lipinski definition) is 3. The Labute approximate surface area is 172 Å². The van der Waals surface area contributed by atoms with Crippen LogP contribution in [0.3, 0.4) is 0 Å². The van der Waals surface area contributed by atoms with Crippen molar-refractivity contribution >= 4 is 34.3 Å². The summed E-state index contributed by atoms with van der Waals surface area (Å²) in [6.45, 7) is 1.91. The molecule has 0 heterocycles. The van der Waals surface area contributed by atoms with Crippen LogP contribution >= 0.6 is 0 Å². The van der Waals surface area contributed by atoms with Gasteiger partial charge in [-0.25, -0.2) is 5.43 Å². The van der Waals surface area contributed by atoms with Crippen LogP contribution in [-0.4, -0.2) is 35.3 Å². The molecule has 0 radical (unpaired) electrons. The van der Waals surface area contributed by atoms with Crippen LogP contribution in [-0.2, 0) is 4.79 Å². The maximum atomic E-state index is 12.1. The Kier molecular flexibility index (Phi) is 6.43. The number of phenolic OH excluding ortho intramolecular Hbond substituents is 1. The second kappa shape index (κ2) is 9.37. The van der Waals surface area contributed by atoms with E-state index in [4.69, 9.17) is 4.74 Å².